The van der Waals surface area contributed by atoms with Gasteiger partial charge in [0.2, 0.25) is 0 Å². The van der Waals surface area contributed by atoms with Gasteiger partial charge in [-0.2, -0.15) is 0 Å². The molecular weight excluding hydrogens is 406 g/mol. The number of aryl methyl sites for hydroxylation is 1. The van der Waals surface area contributed by atoms with Crippen LogP contribution in [0.1, 0.15) is 40.6 Å². The molecule has 6 nitrogen and oxygen atoms in total. The van der Waals surface area contributed by atoms with E-state index in [9.17, 15) is 4.79 Å². The minimum atomic E-state index is -0.0832. The van der Waals surface area contributed by atoms with Gasteiger partial charge in [0.1, 0.15) is 17.7 Å². The van der Waals surface area contributed by atoms with Crippen LogP contribution in [0.4, 0.5) is 0 Å². The lowest BCUT2D eigenvalue weighted by atomic mass is 10.0. The zero-order chi connectivity index (χ0) is 21.4. The van der Waals surface area contributed by atoms with Gasteiger partial charge in [0.25, 0.3) is 5.91 Å². The number of thioether (sulfide) groups is 1. The van der Waals surface area contributed by atoms with Crippen molar-refractivity contribution < 1.29 is 4.79 Å². The summed E-state index contributed by atoms with van der Waals surface area (Å²) in [5.41, 5.74) is 5.22. The Balaban J connectivity index is 1.52. The van der Waals surface area contributed by atoms with Crippen LogP contribution < -0.4 is 0 Å². The van der Waals surface area contributed by atoms with Crippen molar-refractivity contribution in [2.75, 3.05) is 12.8 Å². The molecule has 3 heterocycles. The summed E-state index contributed by atoms with van der Waals surface area (Å²) in [7, 11) is 0. The maximum Gasteiger partial charge on any atom is 0.258 e. The third kappa shape index (κ3) is 3.59. The van der Waals surface area contributed by atoms with Gasteiger partial charge < -0.3 is 9.88 Å². The summed E-state index contributed by atoms with van der Waals surface area (Å²) < 4.78 is 0. The number of carbonyl (C=O) groups excluding carboxylic acids is 1. The van der Waals surface area contributed by atoms with Gasteiger partial charge in [-0.3, -0.25) is 4.79 Å². The number of amides is 1. The third-order valence-electron chi connectivity index (χ3n) is 5.78. The average molecular weight is 430 g/mol. The fourth-order valence-corrected chi connectivity index (χ4v) is 4.87. The van der Waals surface area contributed by atoms with Gasteiger partial charge in [0.15, 0.2) is 0 Å². The number of para-hydroxylation sites is 1. The largest absolute Gasteiger partial charge is 0.340 e. The van der Waals surface area contributed by atoms with Crippen molar-refractivity contribution in [1.82, 2.24) is 24.8 Å². The topological polar surface area (TPSA) is 74.8 Å². The zero-order valence-corrected chi connectivity index (χ0v) is 18.3. The molecule has 1 aliphatic rings. The van der Waals surface area contributed by atoms with Crippen LogP contribution in [0.3, 0.4) is 0 Å². The summed E-state index contributed by atoms with van der Waals surface area (Å²) in [6.45, 7) is 2.73. The van der Waals surface area contributed by atoms with E-state index in [1.807, 2.05) is 48.2 Å². The summed E-state index contributed by atoms with van der Waals surface area (Å²) in [6.07, 6.45) is 7.01. The molecule has 1 aliphatic heterocycles. The van der Waals surface area contributed by atoms with Gasteiger partial charge in [-0.05, 0) is 44.2 Å². The minimum absolute atomic E-state index is 0.0508. The van der Waals surface area contributed by atoms with Gasteiger partial charge in [-0.1, -0.05) is 29.8 Å². The van der Waals surface area contributed by atoms with Crippen molar-refractivity contribution >= 4 is 28.7 Å². The Bertz CT molecular complexity index is 1270. The highest BCUT2D eigenvalue weighted by Gasteiger charge is 2.34. The molecule has 1 amide bonds. The van der Waals surface area contributed by atoms with Crippen molar-refractivity contribution in [3.05, 3.63) is 71.9 Å². The highest BCUT2D eigenvalue weighted by Crippen LogP contribution is 2.35. The van der Waals surface area contributed by atoms with Crippen LogP contribution >= 0.6 is 11.8 Å². The fourth-order valence-electron chi connectivity index (χ4n) is 4.30. The molecule has 1 atom stereocenters. The van der Waals surface area contributed by atoms with E-state index in [0.29, 0.717) is 17.8 Å². The Labute approximate surface area is 185 Å². The number of carbonyl (C=O) groups is 1. The first-order valence-electron chi connectivity index (χ1n) is 10.4. The number of H-pyrrole nitrogens is 1. The van der Waals surface area contributed by atoms with Gasteiger partial charge in [0.05, 0.1) is 22.8 Å². The Morgan fingerprint density at radius 2 is 2.10 bits per heavy atom. The number of imidazole rings is 1. The maximum absolute atomic E-state index is 13.6. The van der Waals surface area contributed by atoms with Crippen molar-refractivity contribution in [3.8, 4) is 11.3 Å². The molecule has 31 heavy (non-hydrogen) atoms. The zero-order valence-electron chi connectivity index (χ0n) is 17.5. The first-order valence-corrected chi connectivity index (χ1v) is 11.6. The molecule has 0 spiro atoms. The number of fused-ring (bicyclic) bond motifs is 1. The van der Waals surface area contributed by atoms with E-state index in [0.717, 1.165) is 45.7 Å². The number of aromatic nitrogens is 4. The number of benzene rings is 2. The van der Waals surface area contributed by atoms with Crippen LogP contribution in [-0.2, 0) is 0 Å². The number of rotatable bonds is 4. The first-order chi connectivity index (χ1) is 15.2. The molecule has 2 aromatic heterocycles. The summed E-state index contributed by atoms with van der Waals surface area (Å²) >= 11 is 1.68. The Kier molecular flexibility index (Phi) is 5.19. The molecule has 0 bridgehead atoms. The number of hydrogen-bond acceptors (Lipinski definition) is 5. The lowest BCUT2D eigenvalue weighted by Crippen LogP contribution is -2.31. The van der Waals surface area contributed by atoms with Crippen molar-refractivity contribution in [2.45, 2.75) is 30.7 Å². The lowest BCUT2D eigenvalue weighted by molar-refractivity contribution is 0.0730. The monoisotopic (exact) mass is 429 g/mol. The number of aromatic amines is 1. The van der Waals surface area contributed by atoms with Gasteiger partial charge in [-0.25, -0.2) is 15.0 Å². The van der Waals surface area contributed by atoms with E-state index in [1.165, 1.54) is 6.33 Å². The van der Waals surface area contributed by atoms with E-state index in [-0.39, 0.29) is 11.9 Å². The third-order valence-corrected chi connectivity index (χ3v) is 6.55. The van der Waals surface area contributed by atoms with E-state index in [4.69, 9.17) is 4.98 Å². The minimum Gasteiger partial charge on any atom is -0.340 e. The number of nitrogens with one attached hydrogen (secondary N) is 1. The molecule has 0 aliphatic carbocycles. The molecule has 0 radical (unpaired) electrons. The Morgan fingerprint density at radius 3 is 2.94 bits per heavy atom. The van der Waals surface area contributed by atoms with Gasteiger partial charge >= 0.3 is 0 Å². The van der Waals surface area contributed by atoms with Crippen molar-refractivity contribution in [2.24, 2.45) is 0 Å². The number of likely N-dealkylation sites (tertiary alicyclic amines) is 1. The fraction of sp³-hybridized carbons (Fsp3) is 0.250. The highest BCUT2D eigenvalue weighted by atomic mass is 32.2. The van der Waals surface area contributed by atoms with E-state index >= 15 is 0 Å². The van der Waals surface area contributed by atoms with Gasteiger partial charge in [0, 0.05) is 23.2 Å². The summed E-state index contributed by atoms with van der Waals surface area (Å²) in [5, 5.41) is 0. The molecule has 5 rings (SSSR count). The van der Waals surface area contributed by atoms with Crippen LogP contribution in [0.15, 0.2) is 59.9 Å². The molecule has 4 aromatic rings. The second-order valence-electron chi connectivity index (χ2n) is 7.79. The van der Waals surface area contributed by atoms with E-state index in [1.54, 1.807) is 18.0 Å². The smallest absolute Gasteiger partial charge is 0.258 e. The molecule has 1 saturated heterocycles. The number of hydrogen-bond donors (Lipinski definition) is 1. The van der Waals surface area contributed by atoms with Crippen LogP contribution in [0, 0.1) is 6.92 Å². The number of nitrogens with zero attached hydrogens (tertiary/aromatic N) is 4. The second kappa shape index (κ2) is 8.15. The lowest BCUT2D eigenvalue weighted by Gasteiger charge is -2.24. The summed E-state index contributed by atoms with van der Waals surface area (Å²) in [5.74, 6) is 0.793. The normalized spacial score (nSPS) is 16.2. The van der Waals surface area contributed by atoms with Crippen molar-refractivity contribution in [3.63, 3.8) is 0 Å². The molecular formula is C24H23N5OS. The van der Waals surface area contributed by atoms with Crippen molar-refractivity contribution in [1.29, 1.82) is 0 Å². The van der Waals surface area contributed by atoms with Crippen LogP contribution in [0.5, 0.6) is 0 Å². The first kappa shape index (κ1) is 19.8. The Hall–Kier alpha value is -3.19. The summed E-state index contributed by atoms with van der Waals surface area (Å²) in [4.78, 5) is 33.6. The van der Waals surface area contributed by atoms with E-state index in [2.05, 4.69) is 27.3 Å². The SMILES string of the molecule is CSc1cccc2[nH]c(C3CCCN3C(=O)c3cncnc3-c3cccc(C)c3)nc12. The summed E-state index contributed by atoms with van der Waals surface area (Å²) in [6, 6.07) is 14.1. The molecule has 7 heteroatoms. The van der Waals surface area contributed by atoms with Crippen LogP contribution in [-0.4, -0.2) is 43.5 Å². The Morgan fingerprint density at radius 1 is 1.23 bits per heavy atom. The van der Waals surface area contributed by atoms with Gasteiger partial charge in [-0.15, -0.1) is 11.8 Å². The quantitative estimate of drug-likeness (QED) is 0.461. The predicted molar refractivity (Wildman–Crippen MR) is 123 cm³/mol. The average Bonchev–Trinajstić information content (AvgIpc) is 3.45. The second-order valence-corrected chi connectivity index (χ2v) is 8.64. The molecule has 1 unspecified atom stereocenters. The molecule has 1 fully saturated rings. The molecule has 156 valence electrons. The van der Waals surface area contributed by atoms with E-state index < -0.39 is 0 Å². The highest BCUT2D eigenvalue weighted by molar-refractivity contribution is 7.98. The molecule has 1 N–H and O–H groups in total. The van der Waals surface area contributed by atoms with Crippen LogP contribution in [0.2, 0.25) is 0 Å². The predicted octanol–water partition coefficient (Wildman–Crippen LogP) is 5.03. The molecule has 0 saturated carbocycles. The maximum atomic E-state index is 13.6. The standard InChI is InChI=1S/C24H23N5OS/c1-15-6-3-7-16(12-15)21-17(13-25-14-26-21)24(30)29-11-5-9-19(29)23-27-18-8-4-10-20(31-2)22(18)28-23/h3-4,6-8,10,12-14,19H,5,9,11H2,1-2H3,(H,27,28). The molecule has 2 aromatic carbocycles. The van der Waals surface area contributed by atoms with Crippen LogP contribution in [0.25, 0.3) is 22.3 Å².